The van der Waals surface area contributed by atoms with E-state index in [4.69, 9.17) is 4.74 Å². The minimum Gasteiger partial charge on any atom is -0.497 e. The van der Waals surface area contributed by atoms with Crippen LogP contribution in [0.3, 0.4) is 0 Å². The van der Waals surface area contributed by atoms with Crippen molar-refractivity contribution < 1.29 is 13.2 Å². The molecule has 0 saturated heterocycles. The predicted octanol–water partition coefficient (Wildman–Crippen LogP) is 3.13. The summed E-state index contributed by atoms with van der Waals surface area (Å²) >= 11 is 1.50. The van der Waals surface area contributed by atoms with E-state index in [9.17, 15) is 8.42 Å². The number of hydrogen-bond acceptors (Lipinski definition) is 5. The fourth-order valence-electron chi connectivity index (χ4n) is 2.21. The molecule has 0 atom stereocenters. The van der Waals surface area contributed by atoms with Crippen LogP contribution >= 0.6 is 11.8 Å². The molecule has 0 spiro atoms. The molecule has 1 aliphatic rings. The number of methoxy groups -OCH3 is 1. The fraction of sp³-hybridized carbons (Fsp3) is 0.125. The highest BCUT2D eigenvalue weighted by Crippen LogP contribution is 2.28. The van der Waals surface area contributed by atoms with E-state index in [0.717, 1.165) is 11.3 Å². The van der Waals surface area contributed by atoms with Crippen molar-refractivity contribution in [2.45, 2.75) is 10.6 Å². The zero-order chi connectivity index (χ0) is 16.3. The van der Waals surface area contributed by atoms with Gasteiger partial charge < -0.3 is 10.1 Å². The van der Waals surface area contributed by atoms with Crippen molar-refractivity contribution in [1.29, 1.82) is 0 Å². The molecule has 0 amide bonds. The Hall–Kier alpha value is -2.12. The number of rotatable bonds is 4. The van der Waals surface area contributed by atoms with Crippen LogP contribution in [0.1, 0.15) is 5.56 Å². The summed E-state index contributed by atoms with van der Waals surface area (Å²) in [5, 5.41) is 4.86. The summed E-state index contributed by atoms with van der Waals surface area (Å²) in [5.74, 6) is 1.98. The first-order valence-electron chi connectivity index (χ1n) is 6.92. The molecule has 7 heteroatoms. The Morgan fingerprint density at radius 3 is 2.83 bits per heavy atom. The van der Waals surface area contributed by atoms with Crippen molar-refractivity contribution >= 4 is 27.5 Å². The van der Waals surface area contributed by atoms with Gasteiger partial charge in [0.1, 0.15) is 16.5 Å². The molecule has 0 fully saturated rings. The number of sulfonamides is 1. The zero-order valence-electron chi connectivity index (χ0n) is 12.4. The molecule has 1 aliphatic heterocycles. The molecule has 1 heterocycles. The highest BCUT2D eigenvalue weighted by Gasteiger charge is 2.24. The van der Waals surface area contributed by atoms with Gasteiger partial charge in [-0.05, 0) is 29.8 Å². The average Bonchev–Trinajstić information content (AvgIpc) is 2.54. The van der Waals surface area contributed by atoms with E-state index in [-0.39, 0.29) is 4.90 Å². The number of anilines is 1. The first kappa shape index (κ1) is 15.8. The number of benzene rings is 2. The Labute approximate surface area is 139 Å². The van der Waals surface area contributed by atoms with Crippen LogP contribution in [0, 0.1) is 0 Å². The van der Waals surface area contributed by atoms with Crippen LogP contribution in [0.5, 0.6) is 5.75 Å². The van der Waals surface area contributed by atoms with Gasteiger partial charge in [0, 0.05) is 11.2 Å². The predicted molar refractivity (Wildman–Crippen MR) is 92.8 cm³/mol. The molecule has 0 aliphatic carbocycles. The second-order valence-corrected chi connectivity index (χ2v) is 7.43. The minimum atomic E-state index is -3.51. The summed E-state index contributed by atoms with van der Waals surface area (Å²) in [4.78, 5) is 0.259. The highest BCUT2D eigenvalue weighted by molar-refractivity contribution is 8.01. The van der Waals surface area contributed by atoms with Crippen molar-refractivity contribution in [3.8, 4) is 5.75 Å². The van der Waals surface area contributed by atoms with Crippen LogP contribution in [0.2, 0.25) is 0 Å². The molecule has 2 aromatic carbocycles. The van der Waals surface area contributed by atoms with Crippen molar-refractivity contribution in [3.05, 3.63) is 65.3 Å². The molecule has 0 bridgehead atoms. The number of para-hydroxylation sites is 1. The Morgan fingerprint density at radius 1 is 1.17 bits per heavy atom. The molecule has 0 aromatic heterocycles. The van der Waals surface area contributed by atoms with Crippen molar-refractivity contribution in [2.75, 3.05) is 12.4 Å². The summed E-state index contributed by atoms with van der Waals surface area (Å²) in [6, 6.07) is 14.6. The van der Waals surface area contributed by atoms with Gasteiger partial charge in [-0.15, -0.1) is 11.8 Å². The van der Waals surface area contributed by atoms with Crippen molar-refractivity contribution in [2.24, 2.45) is 0 Å². The standard InChI is InChI=1S/C16H16N2O3S2/c1-21-13-6-4-5-12(9-13)10-22-11-16-17-14-7-2-3-8-15(14)23(19,20)18-16/h2-9,11,17-18H,10H2,1H3. The summed E-state index contributed by atoms with van der Waals surface area (Å²) in [5.41, 5.74) is 1.68. The van der Waals surface area contributed by atoms with Crippen LogP contribution in [0.4, 0.5) is 5.69 Å². The third-order valence-corrected chi connectivity index (χ3v) is 5.60. The number of ether oxygens (including phenoxy) is 1. The molecular weight excluding hydrogens is 332 g/mol. The van der Waals surface area contributed by atoms with Crippen LogP contribution in [0.25, 0.3) is 0 Å². The smallest absolute Gasteiger partial charge is 0.265 e. The van der Waals surface area contributed by atoms with Crippen LogP contribution in [-0.4, -0.2) is 15.5 Å². The van der Waals surface area contributed by atoms with Gasteiger partial charge in [-0.3, -0.25) is 4.72 Å². The SMILES string of the molecule is COc1cccc(CSC=C2Nc3ccccc3S(=O)(=O)N2)c1. The lowest BCUT2D eigenvalue weighted by molar-refractivity contribution is 0.414. The second kappa shape index (κ2) is 6.55. The van der Waals surface area contributed by atoms with Gasteiger partial charge in [0.05, 0.1) is 12.8 Å². The van der Waals surface area contributed by atoms with Crippen molar-refractivity contribution in [3.63, 3.8) is 0 Å². The number of hydrogen-bond donors (Lipinski definition) is 2. The molecule has 0 radical (unpaired) electrons. The molecule has 3 rings (SSSR count). The van der Waals surface area contributed by atoms with Gasteiger partial charge in [0.25, 0.3) is 10.0 Å². The third-order valence-electron chi connectivity index (χ3n) is 3.28. The molecule has 0 unspecified atom stereocenters. The van der Waals surface area contributed by atoms with E-state index in [0.29, 0.717) is 17.3 Å². The fourth-order valence-corrected chi connectivity index (χ4v) is 4.20. The minimum absolute atomic E-state index is 0.259. The van der Waals surface area contributed by atoms with Crippen LogP contribution in [-0.2, 0) is 15.8 Å². The maximum Gasteiger partial charge on any atom is 0.265 e. The summed E-state index contributed by atoms with van der Waals surface area (Å²) in [7, 11) is -1.88. The first-order chi connectivity index (χ1) is 11.1. The topological polar surface area (TPSA) is 67.4 Å². The van der Waals surface area contributed by atoms with Gasteiger partial charge in [-0.1, -0.05) is 24.3 Å². The molecule has 5 nitrogen and oxygen atoms in total. The lowest BCUT2D eigenvalue weighted by Crippen LogP contribution is -2.32. The number of fused-ring (bicyclic) bond motifs is 1. The largest absolute Gasteiger partial charge is 0.497 e. The van der Waals surface area contributed by atoms with Crippen LogP contribution < -0.4 is 14.8 Å². The molecule has 2 aromatic rings. The summed E-state index contributed by atoms with van der Waals surface area (Å²) < 4.78 is 32.1. The second-order valence-electron chi connectivity index (χ2n) is 4.92. The summed E-state index contributed by atoms with van der Waals surface area (Å²) in [6.45, 7) is 0. The summed E-state index contributed by atoms with van der Waals surface area (Å²) in [6.07, 6.45) is 0. The number of thioether (sulfide) groups is 1. The van der Waals surface area contributed by atoms with Gasteiger partial charge in [-0.2, -0.15) is 0 Å². The van der Waals surface area contributed by atoms with E-state index in [1.165, 1.54) is 11.8 Å². The highest BCUT2D eigenvalue weighted by atomic mass is 32.2. The number of nitrogens with one attached hydrogen (secondary N) is 2. The maximum absolute atomic E-state index is 12.2. The van der Waals surface area contributed by atoms with E-state index >= 15 is 0 Å². The van der Waals surface area contributed by atoms with E-state index < -0.39 is 10.0 Å². The third kappa shape index (κ3) is 3.62. The van der Waals surface area contributed by atoms with E-state index in [2.05, 4.69) is 10.0 Å². The Balaban J connectivity index is 1.72. The molecule has 0 saturated carbocycles. The quantitative estimate of drug-likeness (QED) is 0.888. The van der Waals surface area contributed by atoms with Gasteiger partial charge >= 0.3 is 0 Å². The molecular formula is C16H16N2O3S2. The Bertz CT molecular complexity index is 848. The molecule has 120 valence electrons. The Morgan fingerprint density at radius 2 is 2.00 bits per heavy atom. The van der Waals surface area contributed by atoms with Gasteiger partial charge in [0.15, 0.2) is 0 Å². The van der Waals surface area contributed by atoms with Crippen LogP contribution in [0.15, 0.2) is 64.7 Å². The lowest BCUT2D eigenvalue weighted by Gasteiger charge is -2.22. The molecule has 2 N–H and O–H groups in total. The maximum atomic E-state index is 12.2. The normalized spacial score (nSPS) is 17.0. The van der Waals surface area contributed by atoms with Crippen molar-refractivity contribution in [1.82, 2.24) is 4.72 Å². The Kier molecular flexibility index (Phi) is 4.49. The van der Waals surface area contributed by atoms with E-state index in [1.54, 1.807) is 36.8 Å². The van der Waals surface area contributed by atoms with E-state index in [1.807, 2.05) is 24.3 Å². The zero-order valence-corrected chi connectivity index (χ0v) is 14.1. The average molecular weight is 348 g/mol. The monoisotopic (exact) mass is 348 g/mol. The van der Waals surface area contributed by atoms with Gasteiger partial charge in [0.2, 0.25) is 0 Å². The van der Waals surface area contributed by atoms with Gasteiger partial charge in [-0.25, -0.2) is 8.42 Å². The lowest BCUT2D eigenvalue weighted by atomic mass is 10.2. The molecule has 23 heavy (non-hydrogen) atoms. The first-order valence-corrected chi connectivity index (χ1v) is 9.45.